The molecule has 0 saturated carbocycles. The quantitative estimate of drug-likeness (QED) is 0.325. The van der Waals surface area contributed by atoms with Crippen molar-refractivity contribution in [3.05, 3.63) is 89.0 Å². The van der Waals surface area contributed by atoms with Crippen molar-refractivity contribution >= 4 is 21.9 Å². The predicted molar refractivity (Wildman–Crippen MR) is 164 cm³/mol. The highest BCUT2D eigenvalue weighted by molar-refractivity contribution is 7.92. The summed E-state index contributed by atoms with van der Waals surface area (Å²) in [5, 5.41) is 0. The Morgan fingerprint density at radius 3 is 2.37 bits per heavy atom. The van der Waals surface area contributed by atoms with E-state index in [1.807, 2.05) is 39.0 Å². The van der Waals surface area contributed by atoms with Crippen LogP contribution in [0.1, 0.15) is 60.1 Å². The van der Waals surface area contributed by atoms with Gasteiger partial charge in [-0.05, 0) is 61.9 Å². The minimum absolute atomic E-state index is 0.0795. The summed E-state index contributed by atoms with van der Waals surface area (Å²) in [5.41, 5.74) is 4.74. The third kappa shape index (κ3) is 6.83. The Morgan fingerprint density at radius 1 is 0.977 bits per heavy atom. The summed E-state index contributed by atoms with van der Waals surface area (Å²) in [6.07, 6.45) is 3.80. The van der Waals surface area contributed by atoms with Crippen molar-refractivity contribution < 1.29 is 17.9 Å². The summed E-state index contributed by atoms with van der Waals surface area (Å²) in [4.78, 5) is 33.7. The van der Waals surface area contributed by atoms with Crippen LogP contribution in [0.25, 0.3) is 11.3 Å². The van der Waals surface area contributed by atoms with Gasteiger partial charge in [0.2, 0.25) is 11.8 Å². The highest BCUT2D eigenvalue weighted by atomic mass is 32.2. The number of ether oxygens (including phenoxy) is 1. The van der Waals surface area contributed by atoms with Gasteiger partial charge in [-0.2, -0.15) is 4.98 Å². The lowest BCUT2D eigenvalue weighted by Crippen LogP contribution is -2.45. The van der Waals surface area contributed by atoms with Crippen molar-refractivity contribution in [2.75, 3.05) is 11.3 Å². The third-order valence-electron chi connectivity index (χ3n) is 7.33. The van der Waals surface area contributed by atoms with Crippen LogP contribution in [0.4, 0.5) is 5.95 Å². The second-order valence-corrected chi connectivity index (χ2v) is 13.7. The molecule has 0 unspecified atom stereocenters. The van der Waals surface area contributed by atoms with Gasteiger partial charge in [0.1, 0.15) is 6.61 Å². The summed E-state index contributed by atoms with van der Waals surface area (Å²) >= 11 is 0. The van der Waals surface area contributed by atoms with Crippen molar-refractivity contribution in [2.24, 2.45) is 5.41 Å². The third-order valence-corrected chi connectivity index (χ3v) is 8.66. The van der Waals surface area contributed by atoms with E-state index in [0.29, 0.717) is 23.5 Å². The fourth-order valence-corrected chi connectivity index (χ4v) is 6.29. The van der Waals surface area contributed by atoms with Gasteiger partial charge in [0.25, 0.3) is 15.9 Å². The van der Waals surface area contributed by atoms with Crippen LogP contribution in [0, 0.1) is 26.2 Å². The first-order valence-corrected chi connectivity index (χ1v) is 15.6. The van der Waals surface area contributed by atoms with Crippen LogP contribution in [0.15, 0.2) is 65.8 Å². The minimum atomic E-state index is -4.15. The molecule has 0 radical (unpaired) electrons. The first kappa shape index (κ1) is 30.1. The van der Waals surface area contributed by atoms with E-state index in [9.17, 15) is 13.2 Å². The molecule has 1 N–H and O–H groups in total. The average molecular weight is 601 g/mol. The van der Waals surface area contributed by atoms with E-state index < -0.39 is 16.1 Å². The molecule has 3 heterocycles. The molecule has 1 aliphatic rings. The van der Waals surface area contributed by atoms with Gasteiger partial charge in [0.15, 0.2) is 0 Å². The summed E-state index contributed by atoms with van der Waals surface area (Å²) in [6, 6.07) is 13.2. The molecular formula is C32H36N6O4S. The number of carbonyl (C=O) groups is 1. The Kier molecular flexibility index (Phi) is 8.20. The molecule has 1 aliphatic heterocycles. The van der Waals surface area contributed by atoms with E-state index >= 15 is 0 Å². The van der Waals surface area contributed by atoms with Crippen molar-refractivity contribution in [2.45, 2.75) is 65.4 Å². The molecule has 0 aliphatic carbocycles. The molecule has 11 heteroatoms. The maximum absolute atomic E-state index is 14.2. The molecule has 224 valence electrons. The molecule has 1 atom stereocenters. The highest BCUT2D eigenvalue weighted by Gasteiger charge is 2.32. The second-order valence-electron chi connectivity index (χ2n) is 12.1. The summed E-state index contributed by atoms with van der Waals surface area (Å²) < 4.78 is 35.9. The zero-order valence-corrected chi connectivity index (χ0v) is 26.1. The van der Waals surface area contributed by atoms with Crippen molar-refractivity contribution in [1.29, 1.82) is 0 Å². The molecular weight excluding hydrogens is 564 g/mol. The summed E-state index contributed by atoms with van der Waals surface area (Å²) in [7, 11) is -4.15. The SMILES string of the molecule is Cc1cccc(C)c1-c1cc2nc(n1)NS(=O)(=O)c1cccc(c1)C(=O)N(Cc1nccnc1C)[C@H](CC(C)(C)C)CO2. The molecule has 2 aromatic carbocycles. The Bertz CT molecular complexity index is 1760. The predicted octanol–water partition coefficient (Wildman–Crippen LogP) is 5.50. The lowest BCUT2D eigenvalue weighted by molar-refractivity contribution is 0.0508. The number of aryl methyl sites for hydroxylation is 3. The highest BCUT2D eigenvalue weighted by Crippen LogP contribution is 2.31. The van der Waals surface area contributed by atoms with Gasteiger partial charge in [0, 0.05) is 29.6 Å². The molecule has 10 nitrogen and oxygen atoms in total. The molecule has 5 rings (SSSR count). The van der Waals surface area contributed by atoms with Gasteiger partial charge in [0.05, 0.1) is 34.6 Å². The van der Waals surface area contributed by atoms with Gasteiger partial charge in [-0.3, -0.25) is 14.8 Å². The normalized spacial score (nSPS) is 16.7. The molecule has 0 fully saturated rings. The Morgan fingerprint density at radius 2 is 1.67 bits per heavy atom. The summed E-state index contributed by atoms with van der Waals surface area (Å²) in [5.74, 6) is -0.267. The fourth-order valence-electron chi connectivity index (χ4n) is 5.30. The van der Waals surface area contributed by atoms with Crippen LogP contribution < -0.4 is 9.46 Å². The number of amides is 1. The maximum atomic E-state index is 14.2. The monoisotopic (exact) mass is 600 g/mol. The smallest absolute Gasteiger partial charge is 0.264 e. The molecule has 4 aromatic rings. The van der Waals surface area contributed by atoms with Crippen molar-refractivity contribution in [3.8, 4) is 17.1 Å². The van der Waals surface area contributed by atoms with Gasteiger partial charge >= 0.3 is 0 Å². The van der Waals surface area contributed by atoms with E-state index in [2.05, 4.69) is 45.4 Å². The number of anilines is 1. The standard InChI is InChI=1S/C32H36N6O4S/c1-20-9-7-10-21(2)29(20)26-16-28-36-31(35-26)37-43(40,41)25-12-8-11-23(15-25)30(39)38(18-27-22(3)33-13-14-34-27)24(19-42-28)17-32(4,5)6/h7-16,24H,17-19H2,1-6H3,(H,35,36,37)/t24-/m1/s1. The zero-order valence-electron chi connectivity index (χ0n) is 25.2. The van der Waals surface area contributed by atoms with Crippen LogP contribution in [0.3, 0.4) is 0 Å². The van der Waals surface area contributed by atoms with Crippen molar-refractivity contribution in [1.82, 2.24) is 24.8 Å². The number of nitrogens with one attached hydrogen (secondary N) is 1. The fraction of sp³-hybridized carbons (Fsp3) is 0.344. The van der Waals surface area contributed by atoms with Crippen LogP contribution in [0.5, 0.6) is 5.88 Å². The van der Waals surface area contributed by atoms with E-state index in [-0.39, 0.29) is 46.8 Å². The summed E-state index contributed by atoms with van der Waals surface area (Å²) in [6.45, 7) is 12.4. The first-order chi connectivity index (χ1) is 20.3. The van der Waals surface area contributed by atoms with Crippen molar-refractivity contribution in [3.63, 3.8) is 0 Å². The number of hydrogen-bond donors (Lipinski definition) is 1. The van der Waals surface area contributed by atoms with Gasteiger partial charge in [-0.15, -0.1) is 0 Å². The lowest BCUT2D eigenvalue weighted by atomic mass is 9.87. The molecule has 2 aromatic heterocycles. The van der Waals surface area contributed by atoms with E-state index in [1.54, 1.807) is 35.5 Å². The molecule has 43 heavy (non-hydrogen) atoms. The largest absolute Gasteiger partial charge is 0.475 e. The minimum Gasteiger partial charge on any atom is -0.475 e. The van der Waals surface area contributed by atoms with Gasteiger partial charge < -0.3 is 9.64 Å². The lowest BCUT2D eigenvalue weighted by Gasteiger charge is -2.35. The number of sulfonamides is 1. The Balaban J connectivity index is 1.69. The molecule has 0 spiro atoms. The number of rotatable bonds is 4. The zero-order chi connectivity index (χ0) is 30.9. The Hall–Kier alpha value is -4.38. The topological polar surface area (TPSA) is 127 Å². The first-order valence-electron chi connectivity index (χ1n) is 14.1. The molecule has 0 saturated heterocycles. The number of benzene rings is 2. The van der Waals surface area contributed by atoms with E-state index in [4.69, 9.17) is 4.74 Å². The number of aromatic nitrogens is 4. The average Bonchev–Trinajstić information content (AvgIpc) is 2.93. The van der Waals surface area contributed by atoms with Crippen LogP contribution in [0.2, 0.25) is 0 Å². The van der Waals surface area contributed by atoms with Gasteiger partial charge in [-0.25, -0.2) is 18.1 Å². The second kappa shape index (κ2) is 11.7. The maximum Gasteiger partial charge on any atom is 0.264 e. The molecule has 4 bridgehead atoms. The van der Waals surface area contributed by atoms with E-state index in [0.717, 1.165) is 16.7 Å². The van der Waals surface area contributed by atoms with Crippen LogP contribution in [-0.4, -0.2) is 51.8 Å². The number of nitrogens with zero attached hydrogens (tertiary/aromatic N) is 5. The number of carbonyl (C=O) groups excluding carboxylic acids is 1. The van der Waals surface area contributed by atoms with E-state index in [1.165, 1.54) is 12.1 Å². The van der Waals surface area contributed by atoms with Crippen LogP contribution in [-0.2, 0) is 16.6 Å². The Labute approximate surface area is 252 Å². The number of fused-ring (bicyclic) bond motifs is 4. The number of hydrogen-bond acceptors (Lipinski definition) is 8. The van der Waals surface area contributed by atoms with Gasteiger partial charge in [-0.1, -0.05) is 45.0 Å². The van der Waals surface area contributed by atoms with Crippen LogP contribution >= 0.6 is 0 Å². The molecule has 1 amide bonds.